The first-order valence-electron chi connectivity index (χ1n) is 7.55. The lowest BCUT2D eigenvalue weighted by molar-refractivity contribution is -0.402. The fourth-order valence-corrected chi connectivity index (χ4v) is 3.26. The molecule has 0 spiro atoms. The number of nitrogens with zero attached hydrogens (tertiary/aromatic N) is 3. The van der Waals surface area contributed by atoms with Gasteiger partial charge in [-0.1, -0.05) is 17.8 Å². The molecule has 1 N–H and O–H groups in total. The number of carbonyl (C=O) groups is 1. The lowest BCUT2D eigenvalue weighted by Crippen LogP contribution is -2.33. The highest BCUT2D eigenvalue weighted by Gasteiger charge is 2.32. The van der Waals surface area contributed by atoms with E-state index in [1.54, 1.807) is 0 Å². The Bertz CT molecular complexity index is 1030. The first-order valence-corrected chi connectivity index (χ1v) is 8.77. The summed E-state index contributed by atoms with van der Waals surface area (Å²) in [7, 11) is 0. The molecular weight excluding hydrogens is 408 g/mol. The molecule has 12 heteroatoms. The van der Waals surface area contributed by atoms with Crippen molar-refractivity contribution in [2.24, 2.45) is 0 Å². The van der Waals surface area contributed by atoms with Gasteiger partial charge >= 0.3 is 5.88 Å². The van der Waals surface area contributed by atoms with Crippen LogP contribution in [0.2, 0.25) is 0 Å². The SMILES string of the molecule is O=C1/C(=C\C=C\c2ccc([N+](=O)[O-])o2)SC(=S)N1Nc1ccc([N+](=O)[O-])cc1. The van der Waals surface area contributed by atoms with Crippen LogP contribution < -0.4 is 5.43 Å². The monoisotopic (exact) mass is 418 g/mol. The Morgan fingerprint density at radius 1 is 1.11 bits per heavy atom. The minimum absolute atomic E-state index is 0.0702. The summed E-state index contributed by atoms with van der Waals surface area (Å²) < 4.78 is 5.24. The highest BCUT2D eigenvalue weighted by Crippen LogP contribution is 2.31. The molecule has 1 aromatic carbocycles. The van der Waals surface area contributed by atoms with Crippen molar-refractivity contribution in [3.05, 3.63) is 79.4 Å². The summed E-state index contributed by atoms with van der Waals surface area (Å²) in [5.41, 5.74) is 3.19. The molecule has 0 atom stereocenters. The molecule has 28 heavy (non-hydrogen) atoms. The van der Waals surface area contributed by atoms with Crippen LogP contribution in [0.25, 0.3) is 6.08 Å². The van der Waals surface area contributed by atoms with Gasteiger partial charge in [0.2, 0.25) is 0 Å². The van der Waals surface area contributed by atoms with Gasteiger partial charge in [0.25, 0.3) is 11.6 Å². The molecule has 2 heterocycles. The van der Waals surface area contributed by atoms with E-state index < -0.39 is 15.8 Å². The average Bonchev–Trinajstić information content (AvgIpc) is 3.23. The number of amides is 1. The Balaban J connectivity index is 1.68. The van der Waals surface area contributed by atoms with Crippen LogP contribution in [0.1, 0.15) is 5.76 Å². The van der Waals surface area contributed by atoms with E-state index in [1.807, 2.05) is 0 Å². The van der Waals surface area contributed by atoms with Gasteiger partial charge in [0.15, 0.2) is 4.32 Å². The second-order valence-corrected chi connectivity index (χ2v) is 6.92. The summed E-state index contributed by atoms with van der Waals surface area (Å²) >= 11 is 6.24. The van der Waals surface area contributed by atoms with E-state index in [-0.39, 0.29) is 21.7 Å². The summed E-state index contributed by atoms with van der Waals surface area (Å²) in [5, 5.41) is 22.4. The largest absolute Gasteiger partial charge is 0.433 e. The molecule has 0 radical (unpaired) electrons. The predicted octanol–water partition coefficient (Wildman–Crippen LogP) is 3.88. The summed E-state index contributed by atoms with van der Waals surface area (Å²) in [6, 6.07) is 8.20. The maximum absolute atomic E-state index is 12.5. The van der Waals surface area contributed by atoms with Gasteiger partial charge in [-0.25, -0.2) is 5.01 Å². The Morgan fingerprint density at radius 2 is 1.82 bits per heavy atom. The number of hydrogen-bond acceptors (Lipinski definition) is 9. The second kappa shape index (κ2) is 8.02. The average molecular weight is 418 g/mol. The molecule has 1 aliphatic rings. The van der Waals surface area contributed by atoms with Crippen LogP contribution in [-0.2, 0) is 4.79 Å². The number of anilines is 1. The van der Waals surface area contributed by atoms with E-state index in [0.717, 1.165) is 16.8 Å². The fourth-order valence-electron chi connectivity index (χ4n) is 2.13. The van der Waals surface area contributed by atoms with Crippen LogP contribution >= 0.6 is 24.0 Å². The van der Waals surface area contributed by atoms with E-state index >= 15 is 0 Å². The first kappa shape index (κ1) is 19.3. The minimum atomic E-state index is -0.646. The number of carbonyl (C=O) groups excluding carboxylic acids is 1. The predicted molar refractivity (Wildman–Crippen MR) is 106 cm³/mol. The number of benzene rings is 1. The lowest BCUT2D eigenvalue weighted by atomic mass is 10.3. The van der Waals surface area contributed by atoms with Crippen LogP contribution in [0.5, 0.6) is 0 Å². The van der Waals surface area contributed by atoms with Crippen molar-refractivity contribution >= 4 is 57.5 Å². The van der Waals surface area contributed by atoms with E-state index in [9.17, 15) is 25.0 Å². The number of thioether (sulfide) groups is 1. The summed E-state index contributed by atoms with van der Waals surface area (Å²) in [4.78, 5) is 32.9. The van der Waals surface area contributed by atoms with Gasteiger partial charge in [0.1, 0.15) is 10.7 Å². The maximum Gasteiger partial charge on any atom is 0.433 e. The van der Waals surface area contributed by atoms with E-state index in [2.05, 4.69) is 5.43 Å². The van der Waals surface area contributed by atoms with Gasteiger partial charge in [0.05, 0.1) is 21.6 Å². The fraction of sp³-hybridized carbons (Fsp3) is 0. The molecule has 0 saturated carbocycles. The molecule has 142 valence electrons. The van der Waals surface area contributed by atoms with Crippen molar-refractivity contribution in [1.82, 2.24) is 5.01 Å². The number of thiocarbonyl (C=S) groups is 1. The zero-order chi connectivity index (χ0) is 20.3. The molecule has 2 aromatic rings. The molecule has 1 aliphatic heterocycles. The number of nitro benzene ring substituents is 1. The van der Waals surface area contributed by atoms with Crippen LogP contribution in [0, 0.1) is 20.2 Å². The molecule has 1 fully saturated rings. The third-order valence-corrected chi connectivity index (χ3v) is 4.73. The third-order valence-electron chi connectivity index (χ3n) is 3.41. The molecule has 1 aromatic heterocycles. The topological polar surface area (TPSA) is 132 Å². The second-order valence-electron chi connectivity index (χ2n) is 5.25. The standard InChI is InChI=1S/C16H10N4O6S2/c21-15-13(3-1-2-12-8-9-14(26-12)20(24)25)28-16(27)18(15)17-10-4-6-11(7-5-10)19(22)23/h1-9,17H/b2-1+,13-3+. The van der Waals surface area contributed by atoms with Crippen molar-refractivity contribution in [3.8, 4) is 0 Å². The summed E-state index contributed by atoms with van der Waals surface area (Å²) in [5.74, 6) is -0.510. The van der Waals surface area contributed by atoms with Gasteiger partial charge in [-0.3, -0.25) is 30.4 Å². The molecule has 0 bridgehead atoms. The molecule has 0 unspecified atom stereocenters. The van der Waals surface area contributed by atoms with Crippen LogP contribution in [0.3, 0.4) is 0 Å². The molecule has 10 nitrogen and oxygen atoms in total. The van der Waals surface area contributed by atoms with Crippen molar-refractivity contribution in [2.75, 3.05) is 5.43 Å². The number of nitro groups is 2. The van der Waals surface area contributed by atoms with Gasteiger partial charge in [-0.2, -0.15) is 0 Å². The molecule has 1 saturated heterocycles. The zero-order valence-electron chi connectivity index (χ0n) is 13.8. The lowest BCUT2D eigenvalue weighted by Gasteiger charge is -2.16. The van der Waals surface area contributed by atoms with Gasteiger partial charge in [-0.05, 0) is 42.6 Å². The molecule has 1 amide bonds. The molecule has 3 rings (SSSR count). The molecular formula is C16H10N4O6S2. The van der Waals surface area contributed by atoms with E-state index in [0.29, 0.717) is 10.6 Å². The highest BCUT2D eigenvalue weighted by molar-refractivity contribution is 8.26. The smallest absolute Gasteiger partial charge is 0.401 e. The normalized spacial score (nSPS) is 15.6. The van der Waals surface area contributed by atoms with E-state index in [1.165, 1.54) is 54.6 Å². The first-order chi connectivity index (χ1) is 13.3. The van der Waals surface area contributed by atoms with E-state index in [4.69, 9.17) is 16.6 Å². The van der Waals surface area contributed by atoms with Crippen LogP contribution in [0.15, 0.2) is 57.9 Å². The Morgan fingerprint density at radius 3 is 2.43 bits per heavy atom. The van der Waals surface area contributed by atoms with Crippen molar-refractivity contribution in [3.63, 3.8) is 0 Å². The minimum Gasteiger partial charge on any atom is -0.401 e. The van der Waals surface area contributed by atoms with Gasteiger partial charge in [0, 0.05) is 12.1 Å². The van der Waals surface area contributed by atoms with Gasteiger partial charge in [-0.15, -0.1) is 0 Å². The van der Waals surface area contributed by atoms with Gasteiger partial charge < -0.3 is 4.42 Å². The number of nitrogens with one attached hydrogen (secondary N) is 1. The van der Waals surface area contributed by atoms with Crippen LogP contribution in [0.4, 0.5) is 17.3 Å². The van der Waals surface area contributed by atoms with Crippen LogP contribution in [-0.4, -0.2) is 25.1 Å². The Hall–Kier alpha value is -3.51. The highest BCUT2D eigenvalue weighted by atomic mass is 32.2. The summed E-state index contributed by atoms with van der Waals surface area (Å²) in [6.45, 7) is 0. The number of non-ortho nitro benzene ring substituents is 1. The number of hydrogen-bond donors (Lipinski definition) is 1. The van der Waals surface area contributed by atoms with Crippen molar-refractivity contribution in [1.29, 1.82) is 0 Å². The van der Waals surface area contributed by atoms with Crippen molar-refractivity contribution in [2.45, 2.75) is 0 Å². The quantitative estimate of drug-likeness (QED) is 0.321. The number of hydrazine groups is 1. The Labute approximate surface area is 166 Å². The molecule has 0 aliphatic carbocycles. The number of furan rings is 1. The third kappa shape index (κ3) is 4.24. The zero-order valence-corrected chi connectivity index (χ0v) is 15.4. The number of allylic oxidation sites excluding steroid dienone is 2. The van der Waals surface area contributed by atoms with Crippen molar-refractivity contribution < 1.29 is 19.1 Å². The summed E-state index contributed by atoms with van der Waals surface area (Å²) in [6.07, 6.45) is 4.50. The number of rotatable bonds is 6. The maximum atomic E-state index is 12.5. The Kier molecular flexibility index (Phi) is 5.52.